The normalized spacial score (nSPS) is 10.6. The lowest BCUT2D eigenvalue weighted by molar-refractivity contribution is 0.0497. The van der Waals surface area contributed by atoms with Crippen LogP contribution in [0, 0.1) is 55.4 Å². The van der Waals surface area contributed by atoms with Gasteiger partial charge in [-0.2, -0.15) is 0 Å². The summed E-state index contributed by atoms with van der Waals surface area (Å²) in [6.07, 6.45) is 21.4. The number of aromatic hydroxyl groups is 3. The third-order valence-electron chi connectivity index (χ3n) is 12.0. The second-order valence-electron chi connectivity index (χ2n) is 18.3. The first-order chi connectivity index (χ1) is 32.5. The van der Waals surface area contributed by atoms with E-state index in [1.807, 2.05) is 56.3 Å². The number of hydrogen-bond acceptors (Lipinski definition) is 8. The summed E-state index contributed by atoms with van der Waals surface area (Å²) in [7, 11) is 0. The van der Waals surface area contributed by atoms with Gasteiger partial charge in [-0.15, -0.1) is 0 Å². The number of nitrogens with one attached hydrogen (secondary N) is 1. The minimum absolute atomic E-state index is 0.174. The Bertz CT molecular complexity index is 2280. The van der Waals surface area contributed by atoms with Crippen LogP contribution in [0.1, 0.15) is 185 Å². The van der Waals surface area contributed by atoms with Crippen molar-refractivity contribution in [3.8, 4) is 23.0 Å². The Morgan fingerprint density at radius 2 is 0.824 bits per heavy atom. The number of carbonyl (C=O) groups excluding carboxylic acids is 3. The van der Waals surface area contributed by atoms with Gasteiger partial charge in [-0.05, 0) is 155 Å². The zero-order valence-electron chi connectivity index (χ0n) is 42.5. The van der Waals surface area contributed by atoms with Crippen LogP contribution in [-0.4, -0.2) is 39.8 Å². The first kappa shape index (κ1) is 56.2. The Kier molecular flexibility index (Phi) is 25.1. The summed E-state index contributed by atoms with van der Waals surface area (Å²) in [6, 6.07) is 25.0. The van der Waals surface area contributed by atoms with Crippen LogP contribution in [0.2, 0.25) is 0 Å². The molecule has 5 aromatic carbocycles. The van der Waals surface area contributed by atoms with Gasteiger partial charge in [-0.1, -0.05) is 139 Å². The van der Waals surface area contributed by atoms with Crippen molar-refractivity contribution < 1.29 is 39.2 Å². The van der Waals surface area contributed by atoms with Crippen LogP contribution in [0.4, 0.5) is 5.69 Å². The fraction of sp³-hybridized carbons (Fsp3) is 0.441. The maximum absolute atomic E-state index is 12.2. The van der Waals surface area contributed by atoms with Crippen LogP contribution in [0.15, 0.2) is 84.9 Å². The van der Waals surface area contributed by atoms with E-state index < -0.39 is 5.97 Å². The van der Waals surface area contributed by atoms with Crippen LogP contribution < -0.4 is 10.1 Å². The lowest BCUT2D eigenvalue weighted by Gasteiger charge is -2.10. The number of unbranched alkanes of at least 4 members (excludes halogenated alkanes) is 15. The number of aryl methyl sites for hydroxylation is 8. The number of phenolic OH excluding ortho intramolecular Hbond substituents is 3. The first-order valence-electron chi connectivity index (χ1n) is 24.8. The largest absolute Gasteiger partial charge is 0.507 e. The number of esters is 2. The van der Waals surface area contributed by atoms with Crippen molar-refractivity contribution in [2.75, 3.05) is 11.9 Å². The van der Waals surface area contributed by atoms with E-state index in [9.17, 15) is 29.7 Å². The molecular weight excluding hydrogens is 851 g/mol. The highest BCUT2D eigenvalue weighted by molar-refractivity contribution is 6.04. The SMILES string of the molecule is CCCCCCCCCCCCCCCCCCOC(=O)c1cc(C)c(O)c(C)c1.Cc1cc(C(=O)Nc2ccccc2)cc(C)c1O.Cc1ccc(OC(=O)c2cc(C)c(O)c(C)c2)c(C)c1. The van der Waals surface area contributed by atoms with Gasteiger partial charge in [0.05, 0.1) is 17.7 Å². The van der Waals surface area contributed by atoms with Gasteiger partial charge < -0.3 is 30.1 Å². The summed E-state index contributed by atoms with van der Waals surface area (Å²) in [5, 5.41) is 32.0. The zero-order chi connectivity index (χ0) is 50.0. The molecule has 1 amide bonds. The predicted molar refractivity (Wildman–Crippen MR) is 278 cm³/mol. The number of ether oxygens (including phenoxy) is 2. The van der Waals surface area contributed by atoms with Gasteiger partial charge >= 0.3 is 11.9 Å². The van der Waals surface area contributed by atoms with Crippen molar-refractivity contribution in [2.24, 2.45) is 0 Å². The Morgan fingerprint density at radius 1 is 0.441 bits per heavy atom. The van der Waals surface area contributed by atoms with Crippen molar-refractivity contribution in [3.05, 3.63) is 146 Å². The standard InChI is InChI=1S/C27H46O3.C17H18O3.C15H15NO2/c1-4-5-6-7-8-9-10-11-12-13-14-15-16-17-18-19-20-30-27(29)25-21-23(2)26(28)24(3)22-25;1-10-5-6-15(11(2)7-10)20-17(19)14-8-12(3)16(18)13(4)9-14;1-10-8-12(9-11(2)14(10)17)15(18)16-13-6-4-3-5-7-13/h21-22,28H,4-20H2,1-3H3;5-9,18H,1-4H3;3-9,17H,1-2H3,(H,16,18). The summed E-state index contributed by atoms with van der Waals surface area (Å²) in [4.78, 5) is 36.3. The molecule has 0 fully saturated rings. The average Bonchev–Trinajstić information content (AvgIpc) is 3.31. The van der Waals surface area contributed by atoms with Gasteiger partial charge in [-0.25, -0.2) is 9.59 Å². The number of carbonyl (C=O) groups is 3. The molecule has 5 aromatic rings. The number of anilines is 1. The Balaban J connectivity index is 0.000000281. The van der Waals surface area contributed by atoms with E-state index in [2.05, 4.69) is 12.2 Å². The van der Waals surface area contributed by atoms with E-state index >= 15 is 0 Å². The quantitative estimate of drug-likeness (QED) is 0.0305. The molecule has 0 heterocycles. The van der Waals surface area contributed by atoms with Crippen LogP contribution >= 0.6 is 0 Å². The smallest absolute Gasteiger partial charge is 0.343 e. The molecule has 9 heteroatoms. The molecule has 0 aromatic heterocycles. The summed E-state index contributed by atoms with van der Waals surface area (Å²) >= 11 is 0. The maximum Gasteiger partial charge on any atom is 0.343 e. The molecule has 0 saturated carbocycles. The average molecular weight is 930 g/mol. The molecule has 0 aliphatic heterocycles. The fourth-order valence-electron chi connectivity index (χ4n) is 7.93. The van der Waals surface area contributed by atoms with E-state index in [1.54, 1.807) is 84.0 Å². The van der Waals surface area contributed by atoms with Crippen molar-refractivity contribution in [3.63, 3.8) is 0 Å². The monoisotopic (exact) mass is 930 g/mol. The van der Waals surface area contributed by atoms with E-state index in [0.29, 0.717) is 62.4 Å². The summed E-state index contributed by atoms with van der Waals surface area (Å²) in [5.74, 6) is 0.394. The van der Waals surface area contributed by atoms with Crippen LogP contribution in [0.3, 0.4) is 0 Å². The highest BCUT2D eigenvalue weighted by Crippen LogP contribution is 2.27. The molecule has 368 valence electrons. The van der Waals surface area contributed by atoms with Crippen molar-refractivity contribution in [1.29, 1.82) is 0 Å². The van der Waals surface area contributed by atoms with Crippen molar-refractivity contribution >= 4 is 23.5 Å². The summed E-state index contributed by atoms with van der Waals surface area (Å²) in [5.41, 5.74) is 8.48. The minimum Gasteiger partial charge on any atom is -0.507 e. The second-order valence-corrected chi connectivity index (χ2v) is 18.3. The molecule has 0 radical (unpaired) electrons. The molecule has 9 nitrogen and oxygen atoms in total. The minimum atomic E-state index is -0.414. The van der Waals surface area contributed by atoms with Crippen LogP contribution in [0.5, 0.6) is 23.0 Å². The van der Waals surface area contributed by atoms with Crippen molar-refractivity contribution in [1.82, 2.24) is 0 Å². The molecule has 0 saturated heterocycles. The zero-order valence-corrected chi connectivity index (χ0v) is 42.5. The van der Waals surface area contributed by atoms with E-state index in [4.69, 9.17) is 9.47 Å². The van der Waals surface area contributed by atoms with E-state index in [1.165, 1.54) is 89.9 Å². The van der Waals surface area contributed by atoms with Gasteiger partial charge in [-0.3, -0.25) is 4.79 Å². The molecule has 0 aliphatic rings. The fourth-order valence-corrected chi connectivity index (χ4v) is 7.93. The molecule has 0 spiro atoms. The number of rotatable bonds is 22. The molecule has 0 unspecified atom stereocenters. The van der Waals surface area contributed by atoms with Gasteiger partial charge in [0.25, 0.3) is 5.91 Å². The highest BCUT2D eigenvalue weighted by atomic mass is 16.5. The summed E-state index contributed by atoms with van der Waals surface area (Å²) < 4.78 is 10.8. The molecule has 5 rings (SSSR count). The third kappa shape index (κ3) is 20.0. The van der Waals surface area contributed by atoms with Gasteiger partial charge in [0, 0.05) is 11.3 Å². The lowest BCUT2D eigenvalue weighted by atomic mass is 10.0. The third-order valence-corrected chi connectivity index (χ3v) is 12.0. The van der Waals surface area contributed by atoms with Gasteiger partial charge in [0.1, 0.15) is 23.0 Å². The molecule has 0 aliphatic carbocycles. The topological polar surface area (TPSA) is 142 Å². The first-order valence-corrected chi connectivity index (χ1v) is 24.8. The Morgan fingerprint density at radius 3 is 1.24 bits per heavy atom. The molecule has 0 bridgehead atoms. The maximum atomic E-state index is 12.2. The number of para-hydroxylation sites is 1. The predicted octanol–water partition coefficient (Wildman–Crippen LogP) is 15.5. The van der Waals surface area contributed by atoms with E-state index in [-0.39, 0.29) is 29.1 Å². The molecule has 0 atom stereocenters. The van der Waals surface area contributed by atoms with Crippen LogP contribution in [-0.2, 0) is 4.74 Å². The van der Waals surface area contributed by atoms with Crippen LogP contribution in [0.25, 0.3) is 0 Å². The number of amides is 1. The lowest BCUT2D eigenvalue weighted by Crippen LogP contribution is -2.12. The van der Waals surface area contributed by atoms with E-state index in [0.717, 1.165) is 29.7 Å². The summed E-state index contributed by atoms with van der Waals surface area (Å²) in [6.45, 7) is 17.3. The van der Waals surface area contributed by atoms with Gasteiger partial charge in [0.15, 0.2) is 0 Å². The van der Waals surface area contributed by atoms with Crippen molar-refractivity contribution in [2.45, 2.75) is 165 Å². The number of benzene rings is 5. The highest BCUT2D eigenvalue weighted by Gasteiger charge is 2.15. The molecule has 4 N–H and O–H groups in total. The van der Waals surface area contributed by atoms with Gasteiger partial charge in [0.2, 0.25) is 0 Å². The number of phenols is 3. The number of hydrogen-bond donors (Lipinski definition) is 4. The Labute approximate surface area is 407 Å². The molecule has 68 heavy (non-hydrogen) atoms. The second kappa shape index (κ2) is 30.3. The molecular formula is C59H79NO8. The Hall–Kier alpha value is -6.09.